The van der Waals surface area contributed by atoms with Crippen LogP contribution < -0.4 is 0 Å². The molecule has 0 saturated carbocycles. The van der Waals surface area contributed by atoms with Crippen molar-refractivity contribution in [3.8, 4) is 0 Å². The van der Waals surface area contributed by atoms with Gasteiger partial charge in [-0.15, -0.1) is 0 Å². The van der Waals surface area contributed by atoms with Gasteiger partial charge in [0, 0.05) is 25.5 Å². The van der Waals surface area contributed by atoms with Crippen LogP contribution in [0.4, 0.5) is 0 Å². The molecule has 1 fully saturated rings. The highest BCUT2D eigenvalue weighted by Crippen LogP contribution is 2.30. The van der Waals surface area contributed by atoms with E-state index in [1.807, 2.05) is 4.90 Å². The molecule has 1 aromatic carbocycles. The Hall–Kier alpha value is -1.35. The Kier molecular flexibility index (Phi) is 4.19. The van der Waals surface area contributed by atoms with Gasteiger partial charge in [0.15, 0.2) is 0 Å². The molecule has 3 nitrogen and oxygen atoms in total. The molecule has 0 spiro atoms. The van der Waals surface area contributed by atoms with E-state index in [-0.39, 0.29) is 29.9 Å². The van der Waals surface area contributed by atoms with E-state index in [0.29, 0.717) is 13.0 Å². The predicted molar refractivity (Wildman–Crippen MR) is 80.5 cm³/mol. The van der Waals surface area contributed by atoms with Gasteiger partial charge in [-0.25, -0.2) is 0 Å². The van der Waals surface area contributed by atoms with Crippen LogP contribution in [0.2, 0.25) is 0 Å². The number of hydrogen-bond donors (Lipinski definition) is 1. The van der Waals surface area contributed by atoms with E-state index in [4.69, 9.17) is 0 Å². The van der Waals surface area contributed by atoms with Crippen molar-refractivity contribution >= 4 is 5.91 Å². The van der Waals surface area contributed by atoms with Crippen LogP contribution >= 0.6 is 0 Å². The zero-order chi connectivity index (χ0) is 14.9. The van der Waals surface area contributed by atoms with E-state index in [2.05, 4.69) is 52.0 Å². The van der Waals surface area contributed by atoms with E-state index in [1.165, 1.54) is 5.56 Å². The molecule has 2 unspecified atom stereocenters. The summed E-state index contributed by atoms with van der Waals surface area (Å²) in [5, 5.41) is 9.20. The second kappa shape index (κ2) is 5.57. The standard InChI is InChI=1S/C17H25NO2/c1-12(18-10-13(11-19)9-16(18)20)14-5-7-15(8-6-14)17(2,3)4/h5-8,12-13,19H,9-11H2,1-4H3. The monoisotopic (exact) mass is 275 g/mol. The summed E-state index contributed by atoms with van der Waals surface area (Å²) in [6, 6.07) is 8.61. The Bertz CT molecular complexity index is 473. The molecule has 0 aliphatic carbocycles. The van der Waals surface area contributed by atoms with E-state index in [0.717, 1.165) is 5.56 Å². The molecule has 1 heterocycles. The third kappa shape index (κ3) is 3.04. The van der Waals surface area contributed by atoms with E-state index < -0.39 is 0 Å². The molecule has 1 amide bonds. The fourth-order valence-corrected chi connectivity index (χ4v) is 2.75. The Morgan fingerprint density at radius 3 is 2.35 bits per heavy atom. The molecule has 1 aromatic rings. The Morgan fingerprint density at radius 1 is 1.30 bits per heavy atom. The van der Waals surface area contributed by atoms with Crippen molar-refractivity contribution in [3.63, 3.8) is 0 Å². The van der Waals surface area contributed by atoms with Crippen LogP contribution in [0.15, 0.2) is 24.3 Å². The van der Waals surface area contributed by atoms with Gasteiger partial charge in [0.1, 0.15) is 0 Å². The van der Waals surface area contributed by atoms with Crippen LogP contribution in [-0.4, -0.2) is 29.1 Å². The van der Waals surface area contributed by atoms with Crippen molar-refractivity contribution in [2.75, 3.05) is 13.2 Å². The minimum absolute atomic E-state index is 0.0769. The Morgan fingerprint density at radius 2 is 1.90 bits per heavy atom. The number of aliphatic hydroxyl groups is 1. The number of carbonyl (C=O) groups is 1. The molecule has 1 aliphatic rings. The van der Waals surface area contributed by atoms with Crippen molar-refractivity contribution in [3.05, 3.63) is 35.4 Å². The molecule has 0 bridgehead atoms. The minimum atomic E-state index is 0.0769. The third-order valence-corrected chi connectivity index (χ3v) is 4.22. The molecule has 110 valence electrons. The summed E-state index contributed by atoms with van der Waals surface area (Å²) in [5.41, 5.74) is 2.60. The average Bonchev–Trinajstić information content (AvgIpc) is 2.78. The van der Waals surface area contributed by atoms with Crippen molar-refractivity contribution in [1.29, 1.82) is 0 Å². The first-order valence-electron chi connectivity index (χ1n) is 7.33. The normalized spacial score (nSPS) is 21.4. The number of benzene rings is 1. The van der Waals surface area contributed by atoms with Crippen LogP contribution in [0.25, 0.3) is 0 Å². The topological polar surface area (TPSA) is 40.5 Å². The number of nitrogens with zero attached hydrogens (tertiary/aromatic N) is 1. The number of amides is 1. The summed E-state index contributed by atoms with van der Waals surface area (Å²) < 4.78 is 0. The van der Waals surface area contributed by atoms with Crippen LogP contribution in [0.1, 0.15) is 51.3 Å². The molecule has 2 atom stereocenters. The minimum Gasteiger partial charge on any atom is -0.396 e. The van der Waals surface area contributed by atoms with E-state index in [9.17, 15) is 9.90 Å². The molecule has 0 radical (unpaired) electrons. The van der Waals surface area contributed by atoms with E-state index in [1.54, 1.807) is 0 Å². The Balaban J connectivity index is 2.14. The largest absolute Gasteiger partial charge is 0.396 e. The van der Waals surface area contributed by atoms with Gasteiger partial charge in [-0.3, -0.25) is 4.79 Å². The fourth-order valence-electron chi connectivity index (χ4n) is 2.75. The molecular weight excluding hydrogens is 250 g/mol. The first-order chi connectivity index (χ1) is 9.32. The molecular formula is C17H25NO2. The maximum atomic E-state index is 12.0. The summed E-state index contributed by atoms with van der Waals surface area (Å²) in [7, 11) is 0. The summed E-state index contributed by atoms with van der Waals surface area (Å²) >= 11 is 0. The second-order valence-electron chi connectivity index (χ2n) is 6.85. The van der Waals surface area contributed by atoms with Gasteiger partial charge in [0.05, 0.1) is 6.04 Å². The maximum Gasteiger partial charge on any atom is 0.223 e. The lowest BCUT2D eigenvalue weighted by Crippen LogP contribution is -2.28. The highest BCUT2D eigenvalue weighted by molar-refractivity contribution is 5.79. The number of carbonyl (C=O) groups excluding carboxylic acids is 1. The number of aliphatic hydroxyl groups excluding tert-OH is 1. The zero-order valence-corrected chi connectivity index (χ0v) is 12.9. The number of hydrogen-bond acceptors (Lipinski definition) is 2. The predicted octanol–water partition coefficient (Wildman–Crippen LogP) is 2.89. The lowest BCUT2D eigenvalue weighted by atomic mass is 9.86. The first-order valence-corrected chi connectivity index (χ1v) is 7.33. The van der Waals surface area contributed by atoms with Crippen LogP contribution in [0.3, 0.4) is 0 Å². The van der Waals surface area contributed by atoms with Gasteiger partial charge in [0.2, 0.25) is 5.91 Å². The smallest absolute Gasteiger partial charge is 0.223 e. The summed E-state index contributed by atoms with van der Waals surface area (Å²) in [6.07, 6.45) is 0.473. The summed E-state index contributed by atoms with van der Waals surface area (Å²) in [5.74, 6) is 0.246. The SMILES string of the molecule is CC(c1ccc(C(C)(C)C)cc1)N1CC(CO)CC1=O. The summed E-state index contributed by atoms with van der Waals surface area (Å²) in [4.78, 5) is 13.9. The van der Waals surface area contributed by atoms with Crippen molar-refractivity contribution in [2.24, 2.45) is 5.92 Å². The van der Waals surface area contributed by atoms with Crippen LogP contribution in [-0.2, 0) is 10.2 Å². The third-order valence-electron chi connectivity index (χ3n) is 4.22. The second-order valence-corrected chi connectivity index (χ2v) is 6.85. The van der Waals surface area contributed by atoms with Crippen LogP contribution in [0.5, 0.6) is 0 Å². The van der Waals surface area contributed by atoms with Gasteiger partial charge in [-0.1, -0.05) is 45.0 Å². The van der Waals surface area contributed by atoms with Gasteiger partial charge < -0.3 is 10.0 Å². The first kappa shape index (κ1) is 15.0. The van der Waals surface area contributed by atoms with Gasteiger partial charge in [-0.2, -0.15) is 0 Å². The molecule has 1 N–H and O–H groups in total. The van der Waals surface area contributed by atoms with Gasteiger partial charge in [-0.05, 0) is 23.5 Å². The quantitative estimate of drug-likeness (QED) is 0.921. The Labute approximate surface area is 121 Å². The van der Waals surface area contributed by atoms with Crippen molar-refractivity contribution < 1.29 is 9.90 Å². The molecule has 20 heavy (non-hydrogen) atoms. The lowest BCUT2D eigenvalue weighted by molar-refractivity contribution is -0.129. The molecule has 3 heteroatoms. The van der Waals surface area contributed by atoms with Gasteiger partial charge in [0.25, 0.3) is 0 Å². The van der Waals surface area contributed by atoms with Gasteiger partial charge >= 0.3 is 0 Å². The number of rotatable bonds is 3. The molecule has 1 saturated heterocycles. The fraction of sp³-hybridized carbons (Fsp3) is 0.588. The summed E-state index contributed by atoms with van der Waals surface area (Å²) in [6.45, 7) is 9.41. The lowest BCUT2D eigenvalue weighted by Gasteiger charge is -2.26. The molecule has 0 aromatic heterocycles. The molecule has 1 aliphatic heterocycles. The highest BCUT2D eigenvalue weighted by Gasteiger charge is 2.32. The van der Waals surface area contributed by atoms with Crippen molar-refractivity contribution in [1.82, 2.24) is 4.90 Å². The number of likely N-dealkylation sites (tertiary alicyclic amines) is 1. The van der Waals surface area contributed by atoms with E-state index >= 15 is 0 Å². The maximum absolute atomic E-state index is 12.0. The highest BCUT2D eigenvalue weighted by atomic mass is 16.3. The van der Waals surface area contributed by atoms with Crippen molar-refractivity contribution in [2.45, 2.75) is 45.6 Å². The molecule has 2 rings (SSSR count). The van der Waals surface area contributed by atoms with Crippen LogP contribution in [0, 0.1) is 5.92 Å². The average molecular weight is 275 g/mol. The zero-order valence-electron chi connectivity index (χ0n) is 12.9.